The molecular formula is C13H20N2O2. The third-order valence-electron chi connectivity index (χ3n) is 3.11. The first-order valence-electron chi connectivity index (χ1n) is 5.71. The van der Waals surface area contributed by atoms with E-state index < -0.39 is 5.41 Å². The summed E-state index contributed by atoms with van der Waals surface area (Å²) in [4.78, 5) is 12.1. The van der Waals surface area contributed by atoms with Crippen LogP contribution in [0.25, 0.3) is 0 Å². The molecule has 17 heavy (non-hydrogen) atoms. The predicted octanol–water partition coefficient (Wildman–Crippen LogP) is 2.01. The number of carbonyl (C=O) groups is 1. The van der Waals surface area contributed by atoms with Crippen LogP contribution in [0.1, 0.15) is 20.3 Å². The summed E-state index contributed by atoms with van der Waals surface area (Å²) in [5.41, 5.74) is 5.84. The maximum Gasteiger partial charge on any atom is 0.231 e. The molecule has 0 saturated heterocycles. The zero-order valence-corrected chi connectivity index (χ0v) is 10.6. The van der Waals surface area contributed by atoms with Gasteiger partial charge in [0.2, 0.25) is 5.91 Å². The lowest BCUT2D eigenvalue weighted by atomic mass is 9.86. The Kier molecular flexibility index (Phi) is 4.52. The van der Waals surface area contributed by atoms with Gasteiger partial charge in [-0.25, -0.2) is 0 Å². The van der Waals surface area contributed by atoms with Crippen molar-refractivity contribution in [3.05, 3.63) is 24.3 Å². The first kappa shape index (κ1) is 13.5. The van der Waals surface area contributed by atoms with Gasteiger partial charge in [0.15, 0.2) is 0 Å². The van der Waals surface area contributed by atoms with Crippen molar-refractivity contribution < 1.29 is 9.53 Å². The Balaban J connectivity index is 2.80. The molecule has 1 atom stereocenters. The average molecular weight is 236 g/mol. The summed E-state index contributed by atoms with van der Waals surface area (Å²) in [6.07, 6.45) is 0.708. The number of amides is 1. The molecule has 0 aliphatic heterocycles. The van der Waals surface area contributed by atoms with E-state index in [9.17, 15) is 4.79 Å². The number of anilines is 1. The van der Waals surface area contributed by atoms with E-state index in [1.807, 2.05) is 32.0 Å². The molecular weight excluding hydrogens is 216 g/mol. The minimum atomic E-state index is -0.525. The van der Waals surface area contributed by atoms with Crippen molar-refractivity contribution in [1.29, 1.82) is 0 Å². The van der Waals surface area contributed by atoms with Crippen LogP contribution in [0.15, 0.2) is 24.3 Å². The Morgan fingerprint density at radius 3 is 2.76 bits per heavy atom. The lowest BCUT2D eigenvalue weighted by Gasteiger charge is -2.25. The quantitative estimate of drug-likeness (QED) is 0.822. The monoisotopic (exact) mass is 236 g/mol. The van der Waals surface area contributed by atoms with Gasteiger partial charge in [-0.15, -0.1) is 0 Å². The maximum atomic E-state index is 12.1. The first-order valence-corrected chi connectivity index (χ1v) is 5.71. The zero-order valence-electron chi connectivity index (χ0n) is 10.6. The van der Waals surface area contributed by atoms with Gasteiger partial charge in [0.05, 0.1) is 12.5 Å². The maximum absolute atomic E-state index is 12.1. The van der Waals surface area contributed by atoms with Crippen LogP contribution in [0, 0.1) is 5.41 Å². The van der Waals surface area contributed by atoms with E-state index in [-0.39, 0.29) is 5.91 Å². The summed E-state index contributed by atoms with van der Waals surface area (Å²) in [7, 11) is 1.59. The van der Waals surface area contributed by atoms with Crippen molar-refractivity contribution in [1.82, 2.24) is 0 Å². The minimum absolute atomic E-state index is 0.0595. The molecule has 1 amide bonds. The van der Waals surface area contributed by atoms with Gasteiger partial charge >= 0.3 is 0 Å². The average Bonchev–Trinajstić information content (AvgIpc) is 2.37. The Morgan fingerprint density at radius 2 is 2.24 bits per heavy atom. The zero-order chi connectivity index (χ0) is 12.9. The molecule has 1 unspecified atom stereocenters. The molecule has 4 heteroatoms. The van der Waals surface area contributed by atoms with Gasteiger partial charge in [-0.1, -0.05) is 13.0 Å². The molecule has 1 aromatic rings. The highest BCUT2D eigenvalue weighted by Gasteiger charge is 2.29. The number of hydrogen-bond donors (Lipinski definition) is 2. The molecule has 94 valence electrons. The molecule has 1 rings (SSSR count). The van der Waals surface area contributed by atoms with Crippen molar-refractivity contribution in [2.24, 2.45) is 11.1 Å². The highest BCUT2D eigenvalue weighted by molar-refractivity contribution is 5.95. The smallest absolute Gasteiger partial charge is 0.231 e. The number of ether oxygens (including phenoxy) is 1. The topological polar surface area (TPSA) is 64.4 Å². The molecule has 0 saturated carbocycles. The fraction of sp³-hybridized carbons (Fsp3) is 0.462. The second-order valence-electron chi connectivity index (χ2n) is 4.30. The predicted molar refractivity (Wildman–Crippen MR) is 69.1 cm³/mol. The van der Waals surface area contributed by atoms with Gasteiger partial charge in [0.25, 0.3) is 0 Å². The van der Waals surface area contributed by atoms with Gasteiger partial charge in [0.1, 0.15) is 5.75 Å². The Bertz CT molecular complexity index is 387. The molecule has 0 aliphatic rings. The van der Waals surface area contributed by atoms with Crippen molar-refractivity contribution in [3.8, 4) is 5.75 Å². The number of nitrogens with one attached hydrogen (secondary N) is 1. The fourth-order valence-corrected chi connectivity index (χ4v) is 1.38. The van der Waals surface area contributed by atoms with Crippen molar-refractivity contribution in [2.75, 3.05) is 19.0 Å². The molecule has 0 fully saturated rings. The van der Waals surface area contributed by atoms with E-state index in [1.54, 1.807) is 13.2 Å². The number of carbonyl (C=O) groups excluding carboxylic acids is 1. The van der Waals surface area contributed by atoms with Crippen molar-refractivity contribution in [3.63, 3.8) is 0 Å². The largest absolute Gasteiger partial charge is 0.497 e. The fourth-order valence-electron chi connectivity index (χ4n) is 1.38. The van der Waals surface area contributed by atoms with Gasteiger partial charge in [-0.3, -0.25) is 4.79 Å². The van der Waals surface area contributed by atoms with Crippen molar-refractivity contribution >= 4 is 11.6 Å². The standard InChI is InChI=1S/C13H20N2O2/c1-4-13(2,9-14)12(16)15-10-6-5-7-11(8-10)17-3/h5-8H,4,9,14H2,1-3H3,(H,15,16). The number of methoxy groups -OCH3 is 1. The van der Waals surface area contributed by atoms with Gasteiger partial charge in [-0.05, 0) is 25.5 Å². The molecule has 3 N–H and O–H groups in total. The van der Waals surface area contributed by atoms with Gasteiger partial charge in [-0.2, -0.15) is 0 Å². The summed E-state index contributed by atoms with van der Waals surface area (Å²) >= 11 is 0. The lowest BCUT2D eigenvalue weighted by Crippen LogP contribution is -2.39. The molecule has 0 radical (unpaired) electrons. The van der Waals surface area contributed by atoms with E-state index in [2.05, 4.69) is 5.32 Å². The SMILES string of the molecule is CCC(C)(CN)C(=O)Nc1cccc(OC)c1. The summed E-state index contributed by atoms with van der Waals surface area (Å²) < 4.78 is 5.10. The number of rotatable bonds is 5. The second-order valence-corrected chi connectivity index (χ2v) is 4.30. The Labute approximate surface area is 102 Å². The highest BCUT2D eigenvalue weighted by atomic mass is 16.5. The van der Waals surface area contributed by atoms with E-state index in [0.29, 0.717) is 18.7 Å². The van der Waals surface area contributed by atoms with Crippen LogP contribution >= 0.6 is 0 Å². The first-order chi connectivity index (χ1) is 8.05. The normalized spacial score (nSPS) is 13.9. The Morgan fingerprint density at radius 1 is 1.53 bits per heavy atom. The van der Waals surface area contributed by atoms with Crippen LogP contribution in [-0.2, 0) is 4.79 Å². The number of hydrogen-bond acceptors (Lipinski definition) is 3. The van der Waals surface area contributed by atoms with E-state index in [0.717, 1.165) is 5.69 Å². The molecule has 0 spiro atoms. The van der Waals surface area contributed by atoms with Crippen LogP contribution in [0.3, 0.4) is 0 Å². The molecule has 0 aliphatic carbocycles. The van der Waals surface area contributed by atoms with E-state index in [1.165, 1.54) is 0 Å². The molecule has 1 aromatic carbocycles. The molecule has 0 aromatic heterocycles. The van der Waals surface area contributed by atoms with Gasteiger partial charge in [0, 0.05) is 18.3 Å². The second kappa shape index (κ2) is 5.68. The summed E-state index contributed by atoms with van der Waals surface area (Å²) in [6.45, 7) is 4.15. The summed E-state index contributed by atoms with van der Waals surface area (Å²) in [5, 5.41) is 2.86. The molecule has 0 bridgehead atoms. The molecule has 4 nitrogen and oxygen atoms in total. The minimum Gasteiger partial charge on any atom is -0.497 e. The van der Waals surface area contributed by atoms with Crippen LogP contribution in [0.2, 0.25) is 0 Å². The van der Waals surface area contributed by atoms with Crippen LogP contribution in [-0.4, -0.2) is 19.6 Å². The highest BCUT2D eigenvalue weighted by Crippen LogP contribution is 2.23. The van der Waals surface area contributed by atoms with E-state index in [4.69, 9.17) is 10.5 Å². The lowest BCUT2D eigenvalue weighted by molar-refractivity contribution is -0.124. The van der Waals surface area contributed by atoms with Crippen LogP contribution in [0.4, 0.5) is 5.69 Å². The Hall–Kier alpha value is -1.55. The van der Waals surface area contributed by atoms with Crippen LogP contribution in [0.5, 0.6) is 5.75 Å². The number of nitrogens with two attached hydrogens (primary N) is 1. The third kappa shape index (κ3) is 3.20. The van der Waals surface area contributed by atoms with Crippen molar-refractivity contribution in [2.45, 2.75) is 20.3 Å². The third-order valence-corrected chi connectivity index (χ3v) is 3.11. The molecule has 0 heterocycles. The van der Waals surface area contributed by atoms with Gasteiger partial charge < -0.3 is 15.8 Å². The summed E-state index contributed by atoms with van der Waals surface area (Å²) in [5.74, 6) is 0.657. The number of benzene rings is 1. The van der Waals surface area contributed by atoms with E-state index >= 15 is 0 Å². The van der Waals surface area contributed by atoms with Crippen LogP contribution < -0.4 is 15.8 Å². The summed E-state index contributed by atoms with van der Waals surface area (Å²) in [6, 6.07) is 7.27.